The number of nitriles is 1. The zero-order valence-electron chi connectivity index (χ0n) is 11.1. The smallest absolute Gasteiger partial charge is 0.260 e. The van der Waals surface area contributed by atoms with E-state index in [2.05, 4.69) is 5.32 Å². The third-order valence-corrected chi connectivity index (χ3v) is 2.63. The topological polar surface area (TPSA) is 82.3 Å². The summed E-state index contributed by atoms with van der Waals surface area (Å²) in [5, 5.41) is 20.4. The molecule has 1 rings (SSSR count). The summed E-state index contributed by atoms with van der Waals surface area (Å²) in [5.41, 5.74) is 0.394. The Hall–Kier alpha value is -2.06. The summed E-state index contributed by atoms with van der Waals surface area (Å²) in [6.45, 7) is 3.45. The molecule has 0 aliphatic carbocycles. The lowest BCUT2D eigenvalue weighted by Gasteiger charge is -2.18. The minimum Gasteiger partial charge on any atom is -0.480 e. The number of rotatable bonds is 6. The van der Waals surface area contributed by atoms with Crippen molar-refractivity contribution in [2.75, 3.05) is 6.61 Å². The molecule has 0 aliphatic heterocycles. The molecule has 1 aromatic rings. The molecule has 5 nitrogen and oxygen atoms in total. The van der Waals surface area contributed by atoms with Crippen molar-refractivity contribution in [3.8, 4) is 11.8 Å². The van der Waals surface area contributed by atoms with Crippen LogP contribution >= 0.6 is 0 Å². The highest BCUT2D eigenvalue weighted by molar-refractivity contribution is 5.81. The van der Waals surface area contributed by atoms with Crippen LogP contribution in [0.4, 0.5) is 0 Å². The van der Waals surface area contributed by atoms with Crippen LogP contribution in [0.2, 0.25) is 0 Å². The summed E-state index contributed by atoms with van der Waals surface area (Å²) < 4.78 is 5.48. The summed E-state index contributed by atoms with van der Waals surface area (Å²) in [6.07, 6.45) is -0.205. The molecule has 0 radical (unpaired) electrons. The molecule has 0 heterocycles. The van der Waals surface area contributed by atoms with Crippen molar-refractivity contribution >= 4 is 5.91 Å². The average Bonchev–Trinajstić information content (AvgIpc) is 2.39. The highest BCUT2D eigenvalue weighted by atomic mass is 16.5. The number of nitrogens with one attached hydrogen (secondary N) is 1. The molecule has 0 saturated carbocycles. The number of hydrogen-bond acceptors (Lipinski definition) is 4. The first-order valence-corrected chi connectivity index (χ1v) is 6.15. The van der Waals surface area contributed by atoms with Crippen molar-refractivity contribution in [1.82, 2.24) is 5.32 Å². The summed E-state index contributed by atoms with van der Waals surface area (Å²) in [6, 6.07) is 8.66. The highest BCUT2D eigenvalue weighted by Crippen LogP contribution is 2.18. The average molecular weight is 262 g/mol. The van der Waals surface area contributed by atoms with E-state index >= 15 is 0 Å². The van der Waals surface area contributed by atoms with Gasteiger partial charge in [-0.1, -0.05) is 12.1 Å². The van der Waals surface area contributed by atoms with Crippen molar-refractivity contribution in [3.63, 3.8) is 0 Å². The molecule has 0 aliphatic rings. The monoisotopic (exact) mass is 262 g/mol. The quantitative estimate of drug-likeness (QED) is 0.807. The number of aliphatic hydroxyl groups is 1. The molecular weight excluding hydrogens is 244 g/mol. The fourth-order valence-corrected chi connectivity index (χ4v) is 1.53. The second kappa shape index (κ2) is 7.39. The molecule has 0 spiro atoms. The van der Waals surface area contributed by atoms with E-state index in [1.807, 2.05) is 13.0 Å². The van der Waals surface area contributed by atoms with E-state index in [9.17, 15) is 4.79 Å². The minimum atomic E-state index is -0.698. The standard InChI is InChI=1S/C14H18N2O3/c1-10(7-8-17)16-14(18)11(2)19-13-6-4-3-5-12(13)9-15/h3-6,10-11,17H,7-8H2,1-2H3,(H,16,18). The van der Waals surface area contributed by atoms with Gasteiger partial charge in [-0.15, -0.1) is 0 Å². The number of carbonyl (C=O) groups excluding carboxylic acids is 1. The molecule has 0 fully saturated rings. The minimum absolute atomic E-state index is 0.0218. The van der Waals surface area contributed by atoms with Gasteiger partial charge in [-0.05, 0) is 32.4 Å². The SMILES string of the molecule is CC(CCO)NC(=O)C(C)Oc1ccccc1C#N. The number of para-hydroxylation sites is 1. The number of benzene rings is 1. The van der Waals surface area contributed by atoms with Crippen molar-refractivity contribution in [2.45, 2.75) is 32.4 Å². The van der Waals surface area contributed by atoms with Crippen LogP contribution < -0.4 is 10.1 Å². The van der Waals surface area contributed by atoms with Crippen LogP contribution in [0.25, 0.3) is 0 Å². The Morgan fingerprint density at radius 1 is 1.47 bits per heavy atom. The van der Waals surface area contributed by atoms with Crippen molar-refractivity contribution in [3.05, 3.63) is 29.8 Å². The van der Waals surface area contributed by atoms with Gasteiger partial charge in [-0.3, -0.25) is 4.79 Å². The van der Waals surface area contributed by atoms with Crippen molar-refractivity contribution in [1.29, 1.82) is 5.26 Å². The van der Waals surface area contributed by atoms with Gasteiger partial charge < -0.3 is 15.2 Å². The molecule has 19 heavy (non-hydrogen) atoms. The summed E-state index contributed by atoms with van der Waals surface area (Å²) in [7, 11) is 0. The fourth-order valence-electron chi connectivity index (χ4n) is 1.53. The number of carbonyl (C=O) groups is 1. The van der Waals surface area contributed by atoms with E-state index in [1.54, 1.807) is 31.2 Å². The van der Waals surface area contributed by atoms with Crippen LogP contribution in [0.5, 0.6) is 5.75 Å². The summed E-state index contributed by atoms with van der Waals surface area (Å²) in [5.74, 6) is 0.121. The van der Waals surface area contributed by atoms with Crippen LogP contribution in [-0.2, 0) is 4.79 Å². The highest BCUT2D eigenvalue weighted by Gasteiger charge is 2.17. The normalized spacial score (nSPS) is 13.2. The molecule has 102 valence electrons. The Bertz CT molecular complexity index is 468. The maximum absolute atomic E-state index is 11.8. The molecule has 1 aromatic carbocycles. The van der Waals surface area contributed by atoms with Crippen LogP contribution in [-0.4, -0.2) is 29.8 Å². The molecule has 2 atom stereocenters. The zero-order valence-corrected chi connectivity index (χ0v) is 11.1. The van der Waals surface area contributed by atoms with Crippen LogP contribution in [0, 0.1) is 11.3 Å². The first-order valence-electron chi connectivity index (χ1n) is 6.15. The fraction of sp³-hybridized carbons (Fsp3) is 0.429. The van der Waals surface area contributed by atoms with Gasteiger partial charge in [0.1, 0.15) is 11.8 Å². The van der Waals surface area contributed by atoms with Gasteiger partial charge in [-0.25, -0.2) is 0 Å². The number of aliphatic hydroxyl groups excluding tert-OH is 1. The van der Waals surface area contributed by atoms with Gasteiger partial charge in [-0.2, -0.15) is 5.26 Å². The van der Waals surface area contributed by atoms with E-state index in [4.69, 9.17) is 15.1 Å². The molecule has 2 N–H and O–H groups in total. The molecule has 5 heteroatoms. The Balaban J connectivity index is 2.62. The summed E-state index contributed by atoms with van der Waals surface area (Å²) in [4.78, 5) is 11.8. The molecule has 0 aromatic heterocycles. The largest absolute Gasteiger partial charge is 0.480 e. The maximum atomic E-state index is 11.8. The first kappa shape index (κ1) is 15.0. The Kier molecular flexibility index (Phi) is 5.83. The second-order valence-electron chi connectivity index (χ2n) is 4.29. The predicted molar refractivity (Wildman–Crippen MR) is 70.6 cm³/mol. The number of amides is 1. The summed E-state index contributed by atoms with van der Waals surface area (Å²) >= 11 is 0. The molecular formula is C14H18N2O3. The van der Waals surface area contributed by atoms with E-state index in [0.29, 0.717) is 17.7 Å². The Morgan fingerprint density at radius 3 is 2.79 bits per heavy atom. The van der Waals surface area contributed by atoms with Crippen LogP contribution in [0.3, 0.4) is 0 Å². The van der Waals surface area contributed by atoms with Gasteiger partial charge in [0.15, 0.2) is 6.10 Å². The van der Waals surface area contributed by atoms with Crippen LogP contribution in [0.1, 0.15) is 25.8 Å². The van der Waals surface area contributed by atoms with E-state index in [-0.39, 0.29) is 18.6 Å². The lowest BCUT2D eigenvalue weighted by atomic mass is 10.2. The third-order valence-electron chi connectivity index (χ3n) is 2.63. The second-order valence-corrected chi connectivity index (χ2v) is 4.29. The zero-order chi connectivity index (χ0) is 14.3. The lowest BCUT2D eigenvalue weighted by Crippen LogP contribution is -2.41. The van der Waals surface area contributed by atoms with Crippen molar-refractivity contribution < 1.29 is 14.6 Å². The van der Waals surface area contributed by atoms with Gasteiger partial charge in [0.05, 0.1) is 5.56 Å². The maximum Gasteiger partial charge on any atom is 0.260 e. The molecule has 0 saturated heterocycles. The molecule has 2 unspecified atom stereocenters. The number of ether oxygens (including phenoxy) is 1. The Morgan fingerprint density at radius 2 is 2.16 bits per heavy atom. The lowest BCUT2D eigenvalue weighted by molar-refractivity contribution is -0.127. The van der Waals surface area contributed by atoms with Gasteiger partial charge >= 0.3 is 0 Å². The van der Waals surface area contributed by atoms with E-state index in [1.165, 1.54) is 0 Å². The van der Waals surface area contributed by atoms with Crippen LogP contribution in [0.15, 0.2) is 24.3 Å². The first-order chi connectivity index (χ1) is 9.08. The third kappa shape index (κ3) is 4.60. The molecule has 1 amide bonds. The van der Waals surface area contributed by atoms with E-state index in [0.717, 1.165) is 0 Å². The van der Waals surface area contributed by atoms with Gasteiger partial charge in [0, 0.05) is 12.6 Å². The number of hydrogen-bond donors (Lipinski definition) is 2. The number of nitrogens with zero attached hydrogens (tertiary/aromatic N) is 1. The van der Waals surface area contributed by atoms with Gasteiger partial charge in [0.25, 0.3) is 5.91 Å². The van der Waals surface area contributed by atoms with Crippen molar-refractivity contribution in [2.24, 2.45) is 0 Å². The predicted octanol–water partition coefficient (Wildman–Crippen LogP) is 1.21. The van der Waals surface area contributed by atoms with Gasteiger partial charge in [0.2, 0.25) is 0 Å². The van der Waals surface area contributed by atoms with E-state index < -0.39 is 6.10 Å². The molecule has 0 bridgehead atoms. The Labute approximate surface area is 112 Å².